The van der Waals surface area contributed by atoms with Crippen LogP contribution in [0.25, 0.3) is 0 Å². The summed E-state index contributed by atoms with van der Waals surface area (Å²) in [6.45, 7) is 0. The molecule has 2 aromatic rings. The Bertz CT molecular complexity index is 756. The molecular weight excluding hydrogens is 380 g/mol. The average Bonchev–Trinajstić information content (AvgIpc) is 2.67. The summed E-state index contributed by atoms with van der Waals surface area (Å²) in [4.78, 5) is 0. The highest BCUT2D eigenvalue weighted by atomic mass is 79.9. The van der Waals surface area contributed by atoms with Crippen LogP contribution in [0.5, 0.6) is 11.5 Å². The fourth-order valence-corrected chi connectivity index (χ4v) is 4.59. The van der Waals surface area contributed by atoms with Crippen LogP contribution in [0.1, 0.15) is 54.4 Å². The van der Waals surface area contributed by atoms with E-state index in [2.05, 4.69) is 40.2 Å². The number of methoxy groups -OCH3 is 2. The van der Waals surface area contributed by atoms with Crippen LogP contribution in [0.15, 0.2) is 40.9 Å². The number of fused-ring (bicyclic) bond motifs is 3. The molecule has 2 aromatic carbocycles. The van der Waals surface area contributed by atoms with Gasteiger partial charge in [0.1, 0.15) is 17.6 Å². The predicted molar refractivity (Wildman–Crippen MR) is 102 cm³/mol. The summed E-state index contributed by atoms with van der Waals surface area (Å²) in [5.74, 6) is 2.23. The molecule has 0 amide bonds. The minimum absolute atomic E-state index is 0.118. The highest BCUT2D eigenvalue weighted by molar-refractivity contribution is 9.10. The third-order valence-electron chi connectivity index (χ3n) is 5.47. The fourth-order valence-electron chi connectivity index (χ4n) is 4.32. The van der Waals surface area contributed by atoms with Gasteiger partial charge in [0.05, 0.1) is 20.3 Å². The largest absolute Gasteiger partial charge is 0.496 e. The lowest BCUT2D eigenvalue weighted by molar-refractivity contribution is -0.0406. The van der Waals surface area contributed by atoms with E-state index in [0.29, 0.717) is 5.92 Å². The van der Waals surface area contributed by atoms with Crippen LogP contribution in [-0.2, 0) is 4.74 Å². The smallest absolute Gasteiger partial charge is 0.125 e. The molecule has 1 aliphatic heterocycles. The number of halogens is 1. The topological polar surface area (TPSA) is 27.7 Å². The molecule has 0 radical (unpaired) electrons. The molecule has 1 heterocycles. The Morgan fingerprint density at radius 2 is 1.52 bits per heavy atom. The molecule has 0 aromatic heterocycles. The van der Waals surface area contributed by atoms with E-state index in [-0.39, 0.29) is 12.2 Å². The maximum absolute atomic E-state index is 6.63. The van der Waals surface area contributed by atoms with Crippen molar-refractivity contribution in [3.8, 4) is 11.5 Å². The van der Waals surface area contributed by atoms with Gasteiger partial charge in [0.2, 0.25) is 0 Å². The van der Waals surface area contributed by atoms with Crippen molar-refractivity contribution < 1.29 is 14.2 Å². The molecule has 4 heteroatoms. The fraction of sp³-hybridized carbons (Fsp3) is 0.429. The van der Waals surface area contributed by atoms with Crippen molar-refractivity contribution in [2.45, 2.75) is 43.8 Å². The minimum atomic E-state index is -0.118. The van der Waals surface area contributed by atoms with Crippen LogP contribution in [0.2, 0.25) is 0 Å². The normalized spacial score (nSPS) is 25.0. The van der Waals surface area contributed by atoms with Crippen LogP contribution in [0, 0.1) is 0 Å². The Labute approximate surface area is 157 Å². The molecule has 132 valence electrons. The third kappa shape index (κ3) is 2.96. The molecule has 0 spiro atoms. The first-order valence-corrected chi connectivity index (χ1v) is 9.68. The van der Waals surface area contributed by atoms with Crippen molar-refractivity contribution in [1.29, 1.82) is 0 Å². The highest BCUT2D eigenvalue weighted by Gasteiger charge is 2.41. The van der Waals surface area contributed by atoms with E-state index >= 15 is 0 Å². The Morgan fingerprint density at radius 1 is 0.880 bits per heavy atom. The number of hydrogen-bond donors (Lipinski definition) is 0. The zero-order valence-corrected chi connectivity index (χ0v) is 16.2. The first-order chi connectivity index (χ1) is 12.2. The number of ether oxygens (including phenoxy) is 3. The van der Waals surface area contributed by atoms with E-state index in [1.54, 1.807) is 14.2 Å². The maximum atomic E-state index is 6.63. The van der Waals surface area contributed by atoms with Crippen molar-refractivity contribution in [3.63, 3.8) is 0 Å². The Hall–Kier alpha value is -1.52. The molecule has 1 saturated carbocycles. The van der Waals surface area contributed by atoms with E-state index in [1.807, 2.05) is 12.1 Å². The highest BCUT2D eigenvalue weighted by Crippen LogP contribution is 2.52. The van der Waals surface area contributed by atoms with Crippen LogP contribution in [-0.4, -0.2) is 20.3 Å². The van der Waals surface area contributed by atoms with Gasteiger partial charge in [-0.1, -0.05) is 40.9 Å². The molecule has 25 heavy (non-hydrogen) atoms. The summed E-state index contributed by atoms with van der Waals surface area (Å²) in [6, 6.07) is 12.4. The van der Waals surface area contributed by atoms with Crippen LogP contribution in [0.3, 0.4) is 0 Å². The van der Waals surface area contributed by atoms with Gasteiger partial charge in [-0.15, -0.1) is 0 Å². The summed E-state index contributed by atoms with van der Waals surface area (Å²) in [6.07, 6.45) is 4.86. The van der Waals surface area contributed by atoms with Gasteiger partial charge >= 0.3 is 0 Å². The van der Waals surface area contributed by atoms with Crippen molar-refractivity contribution in [1.82, 2.24) is 0 Å². The van der Waals surface area contributed by atoms with E-state index < -0.39 is 0 Å². The number of rotatable bonds is 3. The molecule has 0 unspecified atom stereocenters. The third-order valence-corrected chi connectivity index (χ3v) is 5.99. The molecule has 1 fully saturated rings. The summed E-state index contributed by atoms with van der Waals surface area (Å²) < 4.78 is 19.2. The Kier molecular flexibility index (Phi) is 4.74. The van der Waals surface area contributed by atoms with Crippen molar-refractivity contribution in [2.75, 3.05) is 14.2 Å². The molecule has 1 aliphatic carbocycles. The van der Waals surface area contributed by atoms with E-state index in [4.69, 9.17) is 14.2 Å². The zero-order valence-electron chi connectivity index (χ0n) is 14.6. The molecule has 3 nitrogen and oxygen atoms in total. The van der Waals surface area contributed by atoms with Gasteiger partial charge in [-0.2, -0.15) is 0 Å². The lowest BCUT2D eigenvalue weighted by atomic mass is 9.75. The first-order valence-electron chi connectivity index (χ1n) is 8.88. The predicted octanol–water partition coefficient (Wildman–Crippen LogP) is 5.61. The van der Waals surface area contributed by atoms with Crippen LogP contribution >= 0.6 is 15.9 Å². The molecule has 0 N–H and O–H groups in total. The Morgan fingerprint density at radius 3 is 2.20 bits per heavy atom. The van der Waals surface area contributed by atoms with Gasteiger partial charge in [-0.3, -0.25) is 0 Å². The van der Waals surface area contributed by atoms with Crippen molar-refractivity contribution in [3.05, 3.63) is 57.6 Å². The molecule has 4 rings (SSSR count). The maximum Gasteiger partial charge on any atom is 0.125 e. The summed E-state index contributed by atoms with van der Waals surface area (Å²) in [7, 11) is 3.48. The average molecular weight is 403 g/mol. The van der Waals surface area contributed by atoms with Gasteiger partial charge < -0.3 is 14.2 Å². The minimum Gasteiger partial charge on any atom is -0.496 e. The first kappa shape index (κ1) is 16.9. The van der Waals surface area contributed by atoms with Crippen molar-refractivity contribution >= 4 is 15.9 Å². The quantitative estimate of drug-likeness (QED) is 0.667. The van der Waals surface area contributed by atoms with Crippen LogP contribution in [0.4, 0.5) is 0 Å². The molecule has 3 atom stereocenters. The zero-order chi connectivity index (χ0) is 17.4. The van der Waals surface area contributed by atoms with E-state index in [0.717, 1.165) is 39.9 Å². The number of hydrogen-bond acceptors (Lipinski definition) is 3. The molecule has 2 aliphatic rings. The van der Waals surface area contributed by atoms with Gasteiger partial charge in [0.15, 0.2) is 0 Å². The SMILES string of the molecule is COc1ccc(OC)c2c1[C@H](c1ccc(Br)cc1)O[C@@H]1CCCC[C@H]21. The second-order valence-electron chi connectivity index (χ2n) is 6.79. The Balaban J connectivity index is 1.91. The van der Waals surface area contributed by atoms with Crippen molar-refractivity contribution in [2.24, 2.45) is 0 Å². The van der Waals surface area contributed by atoms with E-state index in [1.165, 1.54) is 18.4 Å². The van der Waals surface area contributed by atoms with E-state index in [9.17, 15) is 0 Å². The van der Waals surface area contributed by atoms with Gasteiger partial charge in [-0.25, -0.2) is 0 Å². The summed E-state index contributed by atoms with van der Waals surface area (Å²) in [5.41, 5.74) is 3.57. The molecule has 0 saturated heterocycles. The lowest BCUT2D eigenvalue weighted by Gasteiger charge is -2.42. The summed E-state index contributed by atoms with van der Waals surface area (Å²) in [5, 5.41) is 0. The molecular formula is C21H23BrO3. The summed E-state index contributed by atoms with van der Waals surface area (Å²) >= 11 is 3.52. The monoisotopic (exact) mass is 402 g/mol. The second kappa shape index (κ2) is 7.00. The van der Waals surface area contributed by atoms with Crippen LogP contribution < -0.4 is 9.47 Å². The lowest BCUT2D eigenvalue weighted by Crippen LogP contribution is -2.34. The van der Waals surface area contributed by atoms with Gasteiger partial charge in [0, 0.05) is 21.5 Å². The number of benzene rings is 2. The van der Waals surface area contributed by atoms with Gasteiger partial charge in [0.25, 0.3) is 0 Å². The second-order valence-corrected chi connectivity index (χ2v) is 7.71. The van der Waals surface area contributed by atoms with Gasteiger partial charge in [-0.05, 0) is 42.7 Å². The molecule has 0 bridgehead atoms. The standard InChI is InChI=1S/C21H23BrO3/c1-23-17-11-12-18(24-2)20-19(17)15-5-3-4-6-16(15)25-21(20)13-7-9-14(22)10-8-13/h7-12,15-16,21H,3-6H2,1-2H3/t15-,16+,21-/m0/s1.